The number of benzene rings is 2. The summed E-state index contributed by atoms with van der Waals surface area (Å²) in [4.78, 5) is 14.5. The number of ether oxygens (including phenoxy) is 2. The van der Waals surface area contributed by atoms with E-state index in [1.807, 2.05) is 29.2 Å². The number of amides is 1. The Bertz CT molecular complexity index is 971. The summed E-state index contributed by atoms with van der Waals surface area (Å²) in [5.74, 6) is 1.77. The molecule has 0 radical (unpaired) electrons. The molecule has 28 heavy (non-hydrogen) atoms. The van der Waals surface area contributed by atoms with Crippen LogP contribution >= 0.6 is 0 Å². The van der Waals surface area contributed by atoms with E-state index in [2.05, 4.69) is 42.1 Å². The van der Waals surface area contributed by atoms with Crippen molar-refractivity contribution in [2.24, 2.45) is 7.05 Å². The van der Waals surface area contributed by atoms with E-state index in [1.54, 1.807) is 7.11 Å². The molecule has 5 nitrogen and oxygen atoms in total. The van der Waals surface area contributed by atoms with Gasteiger partial charge < -0.3 is 18.9 Å². The molecule has 0 saturated carbocycles. The fraction of sp³-hybridized carbons (Fsp3) is 0.348. The summed E-state index contributed by atoms with van der Waals surface area (Å²) in [5, 5.41) is 1.33. The van der Waals surface area contributed by atoms with E-state index in [0.29, 0.717) is 17.4 Å². The number of likely N-dealkylation sites (tertiary alicyclic amines) is 1. The summed E-state index contributed by atoms with van der Waals surface area (Å²) in [6.07, 6.45) is 4.21. The molecular formula is C23H26N2O3. The van der Waals surface area contributed by atoms with Gasteiger partial charge in [-0.05, 0) is 42.5 Å². The predicted molar refractivity (Wildman–Crippen MR) is 110 cm³/mol. The summed E-state index contributed by atoms with van der Waals surface area (Å²) in [6, 6.07) is 15.9. The van der Waals surface area contributed by atoms with Gasteiger partial charge in [-0.3, -0.25) is 4.79 Å². The van der Waals surface area contributed by atoms with Gasteiger partial charge >= 0.3 is 0 Å². The van der Waals surface area contributed by atoms with Gasteiger partial charge in [-0.25, -0.2) is 0 Å². The SMILES string of the molecule is COc1ccccc1OCC(=O)N1CCC(c2cn(C)c3ccccc23)CC1. The van der Waals surface area contributed by atoms with Crippen LogP contribution in [0.15, 0.2) is 54.7 Å². The van der Waals surface area contributed by atoms with Crippen LogP contribution in [0, 0.1) is 0 Å². The fourth-order valence-corrected chi connectivity index (χ4v) is 4.11. The van der Waals surface area contributed by atoms with Crippen molar-refractivity contribution in [3.8, 4) is 11.5 Å². The second-order valence-electron chi connectivity index (χ2n) is 7.31. The zero-order valence-corrected chi connectivity index (χ0v) is 16.4. The third-order valence-corrected chi connectivity index (χ3v) is 5.64. The van der Waals surface area contributed by atoms with E-state index in [1.165, 1.54) is 16.5 Å². The number of rotatable bonds is 5. The zero-order valence-electron chi connectivity index (χ0n) is 16.4. The van der Waals surface area contributed by atoms with Gasteiger partial charge in [-0.15, -0.1) is 0 Å². The predicted octanol–water partition coefficient (Wildman–Crippen LogP) is 3.97. The molecule has 1 aliphatic heterocycles. The van der Waals surface area contributed by atoms with Crippen LogP contribution in [-0.2, 0) is 11.8 Å². The number of carbonyl (C=O) groups excluding carboxylic acids is 1. The number of aromatic nitrogens is 1. The number of aryl methyl sites for hydroxylation is 1. The standard InChI is InChI=1S/C23H26N2O3/c1-24-15-19(18-7-3-4-8-20(18)24)17-11-13-25(14-12-17)23(26)16-28-22-10-6-5-9-21(22)27-2/h3-10,15,17H,11-14,16H2,1-2H3. The maximum atomic E-state index is 12.6. The van der Waals surface area contributed by atoms with E-state index in [0.717, 1.165) is 25.9 Å². The lowest BCUT2D eigenvalue weighted by Gasteiger charge is -2.32. The molecule has 2 heterocycles. The molecule has 0 unspecified atom stereocenters. The molecule has 0 N–H and O–H groups in total. The van der Waals surface area contributed by atoms with Crippen LogP contribution in [0.5, 0.6) is 11.5 Å². The molecular weight excluding hydrogens is 352 g/mol. The van der Waals surface area contributed by atoms with Gasteiger partial charge in [0, 0.05) is 37.2 Å². The molecule has 146 valence electrons. The van der Waals surface area contributed by atoms with Crippen LogP contribution in [0.2, 0.25) is 0 Å². The number of piperidine rings is 1. The van der Waals surface area contributed by atoms with Crippen molar-refractivity contribution in [1.82, 2.24) is 9.47 Å². The number of hydrogen-bond donors (Lipinski definition) is 0. The highest BCUT2D eigenvalue weighted by atomic mass is 16.5. The van der Waals surface area contributed by atoms with Crippen molar-refractivity contribution in [1.29, 1.82) is 0 Å². The number of hydrogen-bond acceptors (Lipinski definition) is 3. The van der Waals surface area contributed by atoms with Gasteiger partial charge in [0.25, 0.3) is 5.91 Å². The van der Waals surface area contributed by atoms with Crippen LogP contribution in [0.25, 0.3) is 10.9 Å². The first-order chi connectivity index (χ1) is 13.7. The van der Waals surface area contributed by atoms with Crippen molar-refractivity contribution in [2.45, 2.75) is 18.8 Å². The molecule has 3 aromatic rings. The second kappa shape index (κ2) is 7.97. The third-order valence-electron chi connectivity index (χ3n) is 5.64. The summed E-state index contributed by atoms with van der Waals surface area (Å²) >= 11 is 0. The molecule has 0 aliphatic carbocycles. The van der Waals surface area contributed by atoms with E-state index in [9.17, 15) is 4.79 Å². The Morgan fingerprint density at radius 1 is 1.04 bits per heavy atom. The first kappa shape index (κ1) is 18.4. The van der Waals surface area contributed by atoms with Crippen molar-refractivity contribution < 1.29 is 14.3 Å². The summed E-state index contributed by atoms with van der Waals surface area (Å²) < 4.78 is 13.2. The summed E-state index contributed by atoms with van der Waals surface area (Å²) in [5.41, 5.74) is 2.66. The topological polar surface area (TPSA) is 43.7 Å². The van der Waals surface area contributed by atoms with E-state index in [-0.39, 0.29) is 12.5 Å². The fourth-order valence-electron chi connectivity index (χ4n) is 4.11. The molecule has 1 fully saturated rings. The van der Waals surface area contributed by atoms with E-state index >= 15 is 0 Å². The average molecular weight is 378 g/mol. The highest BCUT2D eigenvalue weighted by Gasteiger charge is 2.26. The van der Waals surface area contributed by atoms with Crippen LogP contribution in [-0.4, -0.2) is 42.2 Å². The minimum atomic E-state index is 0.0299. The Hall–Kier alpha value is -2.95. The van der Waals surface area contributed by atoms with Gasteiger partial charge in [0.15, 0.2) is 18.1 Å². The summed E-state index contributed by atoms with van der Waals surface area (Å²) in [6.45, 7) is 1.57. The van der Waals surface area contributed by atoms with Gasteiger partial charge in [-0.2, -0.15) is 0 Å². The molecule has 0 bridgehead atoms. The Morgan fingerprint density at radius 2 is 1.71 bits per heavy atom. The summed E-state index contributed by atoms with van der Waals surface area (Å²) in [7, 11) is 3.70. The Morgan fingerprint density at radius 3 is 2.46 bits per heavy atom. The number of nitrogens with zero attached hydrogens (tertiary/aromatic N) is 2. The van der Waals surface area contributed by atoms with Crippen LogP contribution < -0.4 is 9.47 Å². The number of methoxy groups -OCH3 is 1. The minimum Gasteiger partial charge on any atom is -0.493 e. The molecule has 4 rings (SSSR count). The second-order valence-corrected chi connectivity index (χ2v) is 7.31. The number of fused-ring (bicyclic) bond motifs is 1. The first-order valence-electron chi connectivity index (χ1n) is 9.75. The molecule has 1 aliphatic rings. The van der Waals surface area contributed by atoms with Crippen molar-refractivity contribution in [3.63, 3.8) is 0 Å². The third kappa shape index (κ3) is 3.57. The highest BCUT2D eigenvalue weighted by molar-refractivity contribution is 5.84. The maximum absolute atomic E-state index is 12.6. The Balaban J connectivity index is 1.36. The maximum Gasteiger partial charge on any atom is 0.260 e. The van der Waals surface area contributed by atoms with Gasteiger partial charge in [0.2, 0.25) is 0 Å². The normalized spacial score (nSPS) is 15.0. The van der Waals surface area contributed by atoms with Crippen molar-refractivity contribution >= 4 is 16.8 Å². The van der Waals surface area contributed by atoms with E-state index in [4.69, 9.17) is 9.47 Å². The van der Waals surface area contributed by atoms with Crippen LogP contribution in [0.1, 0.15) is 24.3 Å². The molecule has 2 aromatic carbocycles. The van der Waals surface area contributed by atoms with Crippen molar-refractivity contribution in [3.05, 3.63) is 60.3 Å². The Kier molecular flexibility index (Phi) is 5.24. The molecule has 0 spiro atoms. The van der Waals surface area contributed by atoms with Gasteiger partial charge in [0.05, 0.1) is 7.11 Å². The zero-order chi connectivity index (χ0) is 19.5. The quantitative estimate of drug-likeness (QED) is 0.675. The first-order valence-corrected chi connectivity index (χ1v) is 9.75. The molecule has 5 heteroatoms. The van der Waals surface area contributed by atoms with Crippen molar-refractivity contribution in [2.75, 3.05) is 26.8 Å². The molecule has 1 saturated heterocycles. The Labute approximate surface area is 165 Å². The molecule has 1 amide bonds. The highest BCUT2D eigenvalue weighted by Crippen LogP contribution is 2.34. The number of para-hydroxylation sites is 3. The van der Waals surface area contributed by atoms with Crippen LogP contribution in [0.4, 0.5) is 0 Å². The lowest BCUT2D eigenvalue weighted by atomic mass is 9.89. The molecule has 0 atom stereocenters. The van der Waals surface area contributed by atoms with Gasteiger partial charge in [0.1, 0.15) is 0 Å². The molecule has 1 aromatic heterocycles. The smallest absolute Gasteiger partial charge is 0.260 e. The number of carbonyl (C=O) groups is 1. The van der Waals surface area contributed by atoms with Gasteiger partial charge in [-0.1, -0.05) is 30.3 Å². The van der Waals surface area contributed by atoms with Crippen LogP contribution in [0.3, 0.4) is 0 Å². The lowest BCUT2D eigenvalue weighted by Crippen LogP contribution is -2.40. The lowest BCUT2D eigenvalue weighted by molar-refractivity contribution is -0.134. The monoisotopic (exact) mass is 378 g/mol. The average Bonchev–Trinajstić information content (AvgIpc) is 3.09. The largest absolute Gasteiger partial charge is 0.493 e. The minimum absolute atomic E-state index is 0.0299. The van der Waals surface area contributed by atoms with E-state index < -0.39 is 0 Å².